The number of aromatic nitrogens is 1. The molecule has 0 radical (unpaired) electrons. The van der Waals surface area contributed by atoms with Crippen LogP contribution >= 0.6 is 22.9 Å². The van der Waals surface area contributed by atoms with Crippen LogP contribution in [-0.4, -0.2) is 12.0 Å². The zero-order valence-corrected chi connectivity index (χ0v) is 11.3. The minimum Gasteiger partial charge on any atom is -0.397 e. The normalized spacial score (nSPS) is 10.5. The number of para-hydroxylation sites is 1. The van der Waals surface area contributed by atoms with Crippen molar-refractivity contribution < 1.29 is 0 Å². The van der Waals surface area contributed by atoms with E-state index < -0.39 is 0 Å². The smallest absolute Gasteiger partial charge is 0.0898 e. The van der Waals surface area contributed by atoms with Crippen LogP contribution in [0.1, 0.15) is 10.7 Å². The van der Waals surface area contributed by atoms with E-state index in [1.165, 1.54) is 0 Å². The third kappa shape index (κ3) is 2.70. The molecular weight excluding hydrogens is 254 g/mol. The lowest BCUT2D eigenvalue weighted by Crippen LogP contribution is -2.18. The Morgan fingerprint density at radius 2 is 2.24 bits per heavy atom. The standard InChI is InChI=1S/C12H14ClN3S/c1-8-15-9(7-17-8)6-16(2)12-10(13)4-3-5-11(12)14/h3-5,7H,6,14H2,1-2H3. The van der Waals surface area contributed by atoms with Gasteiger partial charge in [0.2, 0.25) is 0 Å². The van der Waals surface area contributed by atoms with Crippen molar-refractivity contribution in [3.8, 4) is 0 Å². The molecule has 1 heterocycles. The Bertz CT molecular complexity index is 504. The number of benzene rings is 1. The minimum atomic E-state index is 0.666. The maximum absolute atomic E-state index is 6.16. The van der Waals surface area contributed by atoms with E-state index in [0.29, 0.717) is 17.3 Å². The highest BCUT2D eigenvalue weighted by molar-refractivity contribution is 7.09. The molecule has 17 heavy (non-hydrogen) atoms. The average Bonchev–Trinajstić information content (AvgIpc) is 2.63. The van der Waals surface area contributed by atoms with Crippen molar-refractivity contribution in [1.82, 2.24) is 4.98 Å². The van der Waals surface area contributed by atoms with Gasteiger partial charge in [-0.15, -0.1) is 11.3 Å². The highest BCUT2D eigenvalue weighted by atomic mass is 35.5. The molecule has 90 valence electrons. The number of halogens is 1. The second-order valence-corrected chi connectivity index (χ2v) is 5.36. The summed E-state index contributed by atoms with van der Waals surface area (Å²) >= 11 is 7.80. The van der Waals surface area contributed by atoms with Gasteiger partial charge in [-0.3, -0.25) is 0 Å². The zero-order valence-electron chi connectivity index (χ0n) is 9.77. The molecule has 2 N–H and O–H groups in total. The quantitative estimate of drug-likeness (QED) is 0.868. The Balaban J connectivity index is 2.22. The van der Waals surface area contributed by atoms with Gasteiger partial charge in [-0.05, 0) is 19.1 Å². The van der Waals surface area contributed by atoms with Crippen LogP contribution in [0.25, 0.3) is 0 Å². The summed E-state index contributed by atoms with van der Waals surface area (Å²) in [5, 5.41) is 3.79. The van der Waals surface area contributed by atoms with Crippen molar-refractivity contribution in [2.75, 3.05) is 17.7 Å². The van der Waals surface area contributed by atoms with Crippen LogP contribution in [-0.2, 0) is 6.54 Å². The molecule has 0 aliphatic rings. The lowest BCUT2D eigenvalue weighted by atomic mass is 10.2. The van der Waals surface area contributed by atoms with Crippen molar-refractivity contribution in [3.05, 3.63) is 39.3 Å². The first-order chi connectivity index (χ1) is 8.08. The number of nitrogens with zero attached hydrogens (tertiary/aromatic N) is 2. The fourth-order valence-corrected chi connectivity index (χ4v) is 2.67. The number of thiazole rings is 1. The summed E-state index contributed by atoms with van der Waals surface area (Å²) in [5.41, 5.74) is 8.52. The largest absolute Gasteiger partial charge is 0.397 e. The molecule has 0 amide bonds. The number of rotatable bonds is 3. The molecule has 0 saturated heterocycles. The van der Waals surface area contributed by atoms with Crippen LogP contribution in [0.2, 0.25) is 5.02 Å². The summed E-state index contributed by atoms with van der Waals surface area (Å²) in [7, 11) is 1.96. The van der Waals surface area contributed by atoms with Gasteiger partial charge in [-0.2, -0.15) is 0 Å². The van der Waals surface area contributed by atoms with Crippen LogP contribution in [0, 0.1) is 6.92 Å². The maximum Gasteiger partial charge on any atom is 0.0898 e. The van der Waals surface area contributed by atoms with E-state index in [2.05, 4.69) is 10.4 Å². The summed E-state index contributed by atoms with van der Waals surface area (Å²) in [5.74, 6) is 0. The van der Waals surface area contributed by atoms with Gasteiger partial charge >= 0.3 is 0 Å². The summed E-state index contributed by atoms with van der Waals surface area (Å²) < 4.78 is 0. The first kappa shape index (κ1) is 12.2. The van der Waals surface area contributed by atoms with Gasteiger partial charge in [0.15, 0.2) is 0 Å². The molecule has 0 fully saturated rings. The first-order valence-corrected chi connectivity index (χ1v) is 6.50. The first-order valence-electron chi connectivity index (χ1n) is 5.24. The lowest BCUT2D eigenvalue weighted by Gasteiger charge is -2.21. The molecule has 0 atom stereocenters. The summed E-state index contributed by atoms with van der Waals surface area (Å²) in [4.78, 5) is 6.45. The van der Waals surface area contributed by atoms with E-state index in [0.717, 1.165) is 16.4 Å². The van der Waals surface area contributed by atoms with E-state index in [-0.39, 0.29) is 0 Å². The molecule has 0 unspecified atom stereocenters. The molecule has 0 aliphatic carbocycles. The van der Waals surface area contributed by atoms with Gasteiger partial charge in [-0.1, -0.05) is 17.7 Å². The Morgan fingerprint density at radius 1 is 1.47 bits per heavy atom. The number of nitrogens with two attached hydrogens (primary N) is 1. The fraction of sp³-hybridized carbons (Fsp3) is 0.250. The van der Waals surface area contributed by atoms with Crippen molar-refractivity contribution in [1.29, 1.82) is 0 Å². The third-order valence-electron chi connectivity index (χ3n) is 2.47. The molecule has 1 aromatic heterocycles. The van der Waals surface area contributed by atoms with Crippen LogP contribution < -0.4 is 10.6 Å². The van der Waals surface area contributed by atoms with Crippen molar-refractivity contribution in [2.45, 2.75) is 13.5 Å². The monoisotopic (exact) mass is 267 g/mol. The highest BCUT2D eigenvalue weighted by Crippen LogP contribution is 2.31. The topological polar surface area (TPSA) is 42.2 Å². The molecule has 0 bridgehead atoms. The SMILES string of the molecule is Cc1nc(CN(C)c2c(N)cccc2Cl)cs1. The van der Waals surface area contributed by atoms with E-state index in [4.69, 9.17) is 17.3 Å². The Kier molecular flexibility index (Phi) is 3.54. The highest BCUT2D eigenvalue weighted by Gasteiger charge is 2.11. The van der Waals surface area contributed by atoms with Crippen molar-refractivity contribution >= 4 is 34.3 Å². The molecule has 5 heteroatoms. The Labute approximate surface area is 110 Å². The maximum atomic E-state index is 6.16. The molecule has 2 rings (SSSR count). The summed E-state index contributed by atoms with van der Waals surface area (Å²) in [6, 6.07) is 5.54. The predicted molar refractivity (Wildman–Crippen MR) is 74.8 cm³/mol. The van der Waals surface area contributed by atoms with Crippen LogP contribution in [0.5, 0.6) is 0 Å². The fourth-order valence-electron chi connectivity index (χ4n) is 1.74. The number of hydrogen-bond donors (Lipinski definition) is 1. The van der Waals surface area contributed by atoms with Crippen LogP contribution in [0.3, 0.4) is 0 Å². The molecule has 0 saturated carbocycles. The van der Waals surface area contributed by atoms with Gasteiger partial charge in [0.25, 0.3) is 0 Å². The van der Waals surface area contributed by atoms with Gasteiger partial charge in [-0.25, -0.2) is 4.98 Å². The van der Waals surface area contributed by atoms with E-state index in [9.17, 15) is 0 Å². The third-order valence-corrected chi connectivity index (χ3v) is 3.59. The molecule has 2 aromatic rings. The van der Waals surface area contributed by atoms with Crippen LogP contribution in [0.4, 0.5) is 11.4 Å². The number of anilines is 2. The zero-order chi connectivity index (χ0) is 12.4. The number of nitrogen functional groups attached to an aromatic ring is 1. The Hall–Kier alpha value is -1.26. The van der Waals surface area contributed by atoms with Crippen molar-refractivity contribution in [3.63, 3.8) is 0 Å². The molecule has 0 aliphatic heterocycles. The van der Waals surface area contributed by atoms with E-state index in [1.54, 1.807) is 11.3 Å². The second-order valence-electron chi connectivity index (χ2n) is 3.89. The molecule has 3 nitrogen and oxygen atoms in total. The predicted octanol–water partition coefficient (Wildman–Crippen LogP) is 3.32. The summed E-state index contributed by atoms with van der Waals surface area (Å²) in [6.45, 7) is 2.70. The van der Waals surface area contributed by atoms with Crippen molar-refractivity contribution in [2.24, 2.45) is 0 Å². The lowest BCUT2D eigenvalue weighted by molar-refractivity contribution is 0.892. The molecule has 0 spiro atoms. The van der Waals surface area contributed by atoms with Gasteiger partial charge in [0.1, 0.15) is 0 Å². The second kappa shape index (κ2) is 4.94. The molecular formula is C12H14ClN3S. The van der Waals surface area contributed by atoms with Gasteiger partial charge in [0.05, 0.1) is 33.6 Å². The minimum absolute atomic E-state index is 0.666. The Morgan fingerprint density at radius 3 is 2.82 bits per heavy atom. The average molecular weight is 268 g/mol. The number of aryl methyl sites for hydroxylation is 1. The summed E-state index contributed by atoms with van der Waals surface area (Å²) in [6.07, 6.45) is 0. The molecule has 1 aromatic carbocycles. The van der Waals surface area contributed by atoms with Gasteiger partial charge < -0.3 is 10.6 Å². The van der Waals surface area contributed by atoms with Gasteiger partial charge in [0, 0.05) is 12.4 Å². The van der Waals surface area contributed by atoms with E-state index in [1.807, 2.05) is 37.1 Å². The van der Waals surface area contributed by atoms with Crippen LogP contribution in [0.15, 0.2) is 23.6 Å². The number of hydrogen-bond acceptors (Lipinski definition) is 4. The van der Waals surface area contributed by atoms with E-state index >= 15 is 0 Å².